The molecule has 118 valence electrons. The summed E-state index contributed by atoms with van der Waals surface area (Å²) in [6.07, 6.45) is 6.07. The van der Waals surface area contributed by atoms with Gasteiger partial charge in [-0.15, -0.1) is 0 Å². The molecule has 0 aromatic heterocycles. The first-order valence-corrected chi connectivity index (χ1v) is 8.46. The van der Waals surface area contributed by atoms with Gasteiger partial charge in [-0.05, 0) is 55.2 Å². The van der Waals surface area contributed by atoms with Crippen molar-refractivity contribution >= 4 is 17.3 Å². The van der Waals surface area contributed by atoms with Crippen molar-refractivity contribution in [3.63, 3.8) is 0 Å². The Morgan fingerprint density at radius 1 is 1.29 bits per heavy atom. The van der Waals surface area contributed by atoms with Crippen LogP contribution in [0.1, 0.15) is 52.9 Å². The largest absolute Gasteiger partial charge is 0.378 e. The molecule has 3 heteroatoms. The first kappa shape index (κ1) is 16.6. The maximum absolute atomic E-state index is 6.15. The van der Waals surface area contributed by atoms with E-state index in [9.17, 15) is 0 Å². The van der Waals surface area contributed by atoms with Gasteiger partial charge in [0.1, 0.15) is 0 Å². The van der Waals surface area contributed by atoms with Crippen molar-refractivity contribution in [1.82, 2.24) is 0 Å². The molecule has 0 aliphatic heterocycles. The van der Waals surface area contributed by atoms with Crippen LogP contribution in [0.15, 0.2) is 24.3 Å². The Kier molecular flexibility index (Phi) is 5.21. The highest BCUT2D eigenvalue weighted by Gasteiger charge is 2.35. The average Bonchev–Trinajstić information content (AvgIpc) is 2.62. The first-order chi connectivity index (χ1) is 9.85. The lowest BCUT2D eigenvalue weighted by molar-refractivity contribution is 0.212. The molecule has 1 aliphatic rings. The van der Waals surface area contributed by atoms with Gasteiger partial charge in [0.25, 0.3) is 0 Å². The minimum atomic E-state index is 0.0185. The third-order valence-corrected chi connectivity index (χ3v) is 5.26. The van der Waals surface area contributed by atoms with Crippen LogP contribution in [0, 0.1) is 11.3 Å². The van der Waals surface area contributed by atoms with Gasteiger partial charge in [-0.2, -0.15) is 0 Å². The van der Waals surface area contributed by atoms with E-state index >= 15 is 0 Å². The molecule has 1 aromatic rings. The minimum Gasteiger partial charge on any atom is -0.378 e. The van der Waals surface area contributed by atoms with Gasteiger partial charge in [0, 0.05) is 22.8 Å². The molecular weight excluding hydrogens is 280 g/mol. The van der Waals surface area contributed by atoms with E-state index in [0.29, 0.717) is 12.0 Å². The topological polar surface area (TPSA) is 38.0 Å². The van der Waals surface area contributed by atoms with Gasteiger partial charge in [-0.1, -0.05) is 44.9 Å². The van der Waals surface area contributed by atoms with Gasteiger partial charge < -0.3 is 11.1 Å². The van der Waals surface area contributed by atoms with Gasteiger partial charge in [0.2, 0.25) is 0 Å². The minimum absolute atomic E-state index is 0.0185. The summed E-state index contributed by atoms with van der Waals surface area (Å²) in [5.41, 5.74) is 7.65. The van der Waals surface area contributed by atoms with Crippen LogP contribution >= 0.6 is 11.6 Å². The Balaban J connectivity index is 2.11. The summed E-state index contributed by atoms with van der Waals surface area (Å²) in [6, 6.07) is 7.97. The molecule has 0 bridgehead atoms. The zero-order valence-electron chi connectivity index (χ0n) is 13.6. The number of hydrogen-bond donors (Lipinski definition) is 2. The van der Waals surface area contributed by atoms with Crippen LogP contribution in [0.4, 0.5) is 5.69 Å². The van der Waals surface area contributed by atoms with E-state index in [-0.39, 0.29) is 5.54 Å². The Morgan fingerprint density at radius 3 is 2.67 bits per heavy atom. The van der Waals surface area contributed by atoms with Crippen molar-refractivity contribution in [1.29, 1.82) is 0 Å². The van der Waals surface area contributed by atoms with Gasteiger partial charge in [-0.3, -0.25) is 0 Å². The van der Waals surface area contributed by atoms with Crippen molar-refractivity contribution in [2.24, 2.45) is 17.1 Å². The molecule has 3 N–H and O–H groups in total. The summed E-state index contributed by atoms with van der Waals surface area (Å²) < 4.78 is 0. The van der Waals surface area contributed by atoms with Gasteiger partial charge >= 0.3 is 0 Å². The second-order valence-corrected chi connectivity index (χ2v) is 8.05. The quantitative estimate of drug-likeness (QED) is 0.764. The van der Waals surface area contributed by atoms with Crippen LogP contribution < -0.4 is 11.1 Å². The Morgan fingerprint density at radius 2 is 2.05 bits per heavy atom. The zero-order chi connectivity index (χ0) is 15.5. The number of halogens is 1. The zero-order valence-corrected chi connectivity index (χ0v) is 14.3. The normalized spacial score (nSPS) is 27.2. The van der Waals surface area contributed by atoms with Crippen LogP contribution in [0.3, 0.4) is 0 Å². The molecule has 2 atom stereocenters. The summed E-state index contributed by atoms with van der Waals surface area (Å²) >= 11 is 6.10. The maximum Gasteiger partial charge on any atom is 0.0495 e. The lowest BCUT2D eigenvalue weighted by Gasteiger charge is -2.35. The molecule has 2 unspecified atom stereocenters. The van der Waals surface area contributed by atoms with E-state index in [2.05, 4.69) is 32.2 Å². The van der Waals surface area contributed by atoms with E-state index in [1.165, 1.54) is 19.3 Å². The van der Waals surface area contributed by atoms with E-state index in [1.54, 1.807) is 0 Å². The Hall–Kier alpha value is -0.730. The number of benzene rings is 1. The summed E-state index contributed by atoms with van der Waals surface area (Å²) in [6.45, 7) is 7.75. The molecule has 0 amide bonds. The van der Waals surface area contributed by atoms with Crippen LogP contribution in [0.5, 0.6) is 0 Å². The number of nitrogens with one attached hydrogen (secondary N) is 1. The standard InChI is InChI=1S/C18H29ClN2/c1-17(2,3)14-6-5-10-18(13-20,11-9-14)21-16-8-4-7-15(19)12-16/h4,7-8,12,14,21H,5-6,9-11,13,20H2,1-3H3. The van der Waals surface area contributed by atoms with Crippen LogP contribution in [-0.4, -0.2) is 12.1 Å². The fourth-order valence-corrected chi connectivity index (χ4v) is 3.72. The van der Waals surface area contributed by atoms with Crippen LogP contribution in [0.25, 0.3) is 0 Å². The van der Waals surface area contributed by atoms with Crippen LogP contribution in [0.2, 0.25) is 5.02 Å². The average molecular weight is 309 g/mol. The molecule has 1 fully saturated rings. The van der Waals surface area contributed by atoms with Gasteiger partial charge in [0.05, 0.1) is 0 Å². The highest BCUT2D eigenvalue weighted by molar-refractivity contribution is 6.30. The highest BCUT2D eigenvalue weighted by atomic mass is 35.5. The molecule has 0 spiro atoms. The molecule has 2 rings (SSSR count). The molecule has 0 radical (unpaired) electrons. The lowest BCUT2D eigenvalue weighted by Crippen LogP contribution is -2.45. The predicted octanol–water partition coefficient (Wildman–Crippen LogP) is 5.08. The molecule has 1 aliphatic carbocycles. The molecule has 21 heavy (non-hydrogen) atoms. The van der Waals surface area contributed by atoms with E-state index in [0.717, 1.165) is 29.5 Å². The maximum atomic E-state index is 6.15. The van der Waals surface area contributed by atoms with E-state index in [4.69, 9.17) is 17.3 Å². The molecule has 0 saturated heterocycles. The van der Waals surface area contributed by atoms with Crippen molar-refractivity contribution in [2.75, 3.05) is 11.9 Å². The van der Waals surface area contributed by atoms with Crippen molar-refractivity contribution < 1.29 is 0 Å². The summed E-state index contributed by atoms with van der Waals surface area (Å²) in [5, 5.41) is 4.46. The molecule has 1 aromatic carbocycles. The third kappa shape index (κ3) is 4.37. The van der Waals surface area contributed by atoms with Crippen molar-refractivity contribution in [2.45, 2.75) is 58.4 Å². The number of anilines is 1. The van der Waals surface area contributed by atoms with Crippen LogP contribution in [-0.2, 0) is 0 Å². The Labute approximate surface area is 134 Å². The van der Waals surface area contributed by atoms with Gasteiger partial charge in [-0.25, -0.2) is 0 Å². The molecular formula is C18H29ClN2. The monoisotopic (exact) mass is 308 g/mol. The number of nitrogens with two attached hydrogens (primary N) is 1. The smallest absolute Gasteiger partial charge is 0.0495 e. The van der Waals surface area contributed by atoms with Crippen molar-refractivity contribution in [3.05, 3.63) is 29.3 Å². The second-order valence-electron chi connectivity index (χ2n) is 7.61. The van der Waals surface area contributed by atoms with Crippen molar-refractivity contribution in [3.8, 4) is 0 Å². The Bertz CT molecular complexity index is 467. The van der Waals surface area contributed by atoms with Gasteiger partial charge in [0.15, 0.2) is 0 Å². The molecule has 0 heterocycles. The summed E-state index contributed by atoms with van der Waals surface area (Å²) in [7, 11) is 0. The highest BCUT2D eigenvalue weighted by Crippen LogP contribution is 2.40. The first-order valence-electron chi connectivity index (χ1n) is 8.08. The summed E-state index contributed by atoms with van der Waals surface area (Å²) in [4.78, 5) is 0. The lowest BCUT2D eigenvalue weighted by atomic mass is 9.76. The second kappa shape index (κ2) is 6.58. The third-order valence-electron chi connectivity index (χ3n) is 5.03. The number of rotatable bonds is 3. The molecule has 1 saturated carbocycles. The number of hydrogen-bond acceptors (Lipinski definition) is 2. The fourth-order valence-electron chi connectivity index (χ4n) is 3.53. The van der Waals surface area contributed by atoms with E-state index < -0.39 is 0 Å². The van der Waals surface area contributed by atoms with E-state index in [1.807, 2.05) is 18.2 Å². The predicted molar refractivity (Wildman–Crippen MR) is 92.9 cm³/mol. The fraction of sp³-hybridized carbons (Fsp3) is 0.667. The SMILES string of the molecule is CC(C)(C)C1CCCC(CN)(Nc2cccc(Cl)c2)CC1. The molecule has 2 nitrogen and oxygen atoms in total. The summed E-state index contributed by atoms with van der Waals surface area (Å²) in [5.74, 6) is 0.784.